The minimum atomic E-state index is -5.01. The van der Waals surface area contributed by atoms with Gasteiger partial charge in [-0.3, -0.25) is 9.59 Å². The molecule has 198 valence electrons. The Labute approximate surface area is 215 Å². The zero-order valence-corrected chi connectivity index (χ0v) is 20.7. The Morgan fingerprint density at radius 3 is 2.37 bits per heavy atom. The number of halogens is 3. The predicted octanol–water partition coefficient (Wildman–Crippen LogP) is 6.75. The van der Waals surface area contributed by atoms with Crippen molar-refractivity contribution in [1.82, 2.24) is 0 Å². The molecular weight excluding hydrogens is 503 g/mol. The first-order chi connectivity index (χ1) is 18.1. The first-order valence-corrected chi connectivity index (χ1v) is 11.6. The maximum Gasteiger partial charge on any atom is 0.453 e. The van der Waals surface area contributed by atoms with Gasteiger partial charge in [0.15, 0.2) is 6.61 Å². The summed E-state index contributed by atoms with van der Waals surface area (Å²) < 4.78 is 63.1. The van der Waals surface area contributed by atoms with Crippen molar-refractivity contribution in [2.75, 3.05) is 19.0 Å². The first kappa shape index (κ1) is 26.6. The van der Waals surface area contributed by atoms with Gasteiger partial charge < -0.3 is 23.9 Å². The third-order valence-electron chi connectivity index (χ3n) is 5.58. The Bertz CT molecular complexity index is 1530. The fourth-order valence-corrected chi connectivity index (χ4v) is 3.77. The smallest absolute Gasteiger partial charge is 0.453 e. The Kier molecular flexibility index (Phi) is 7.61. The summed E-state index contributed by atoms with van der Waals surface area (Å²) in [4.78, 5) is 25.4. The average molecular weight is 527 g/mol. The van der Waals surface area contributed by atoms with Crippen LogP contribution in [-0.2, 0) is 11.0 Å². The van der Waals surface area contributed by atoms with Crippen molar-refractivity contribution < 1.29 is 36.6 Å². The largest absolute Gasteiger partial charge is 0.495 e. The van der Waals surface area contributed by atoms with Crippen molar-refractivity contribution in [1.29, 1.82) is 0 Å². The van der Waals surface area contributed by atoms with E-state index in [-0.39, 0.29) is 28.4 Å². The summed E-state index contributed by atoms with van der Waals surface area (Å²) in [6.45, 7) is 3.26. The molecule has 0 fully saturated rings. The number of ether oxygens (including phenoxy) is 3. The molecule has 3 aromatic carbocycles. The number of methoxy groups -OCH3 is 1. The normalized spacial score (nSPS) is 11.4. The van der Waals surface area contributed by atoms with Crippen LogP contribution >= 0.6 is 0 Å². The fraction of sp³-hybridized carbons (Fsp3) is 0.214. The lowest BCUT2D eigenvalue weighted by atomic mass is 10.0. The van der Waals surface area contributed by atoms with Crippen LogP contribution in [0.4, 0.5) is 18.9 Å². The molecule has 0 aliphatic rings. The van der Waals surface area contributed by atoms with E-state index in [2.05, 4.69) is 5.32 Å². The molecule has 0 saturated carbocycles. The van der Waals surface area contributed by atoms with Crippen molar-refractivity contribution in [3.63, 3.8) is 0 Å². The zero-order valence-electron chi connectivity index (χ0n) is 20.7. The Balaban J connectivity index is 1.63. The molecule has 38 heavy (non-hydrogen) atoms. The highest BCUT2D eigenvalue weighted by atomic mass is 19.4. The molecule has 0 atom stereocenters. The van der Waals surface area contributed by atoms with E-state index in [0.717, 1.165) is 6.07 Å². The maximum atomic E-state index is 13.9. The van der Waals surface area contributed by atoms with Gasteiger partial charge in [-0.15, -0.1) is 0 Å². The van der Waals surface area contributed by atoms with Crippen molar-refractivity contribution >= 4 is 22.6 Å². The molecule has 10 heteroatoms. The van der Waals surface area contributed by atoms with Gasteiger partial charge in [0.1, 0.15) is 22.8 Å². The van der Waals surface area contributed by atoms with Crippen molar-refractivity contribution in [2.24, 2.45) is 0 Å². The molecule has 0 aliphatic carbocycles. The molecule has 1 heterocycles. The number of anilines is 1. The molecule has 0 aliphatic heterocycles. The highest BCUT2D eigenvalue weighted by molar-refractivity contribution is 5.93. The van der Waals surface area contributed by atoms with E-state index in [1.165, 1.54) is 25.3 Å². The Morgan fingerprint density at radius 1 is 1.00 bits per heavy atom. The monoisotopic (exact) mass is 527 g/mol. The zero-order chi connectivity index (χ0) is 27.4. The second kappa shape index (κ2) is 10.9. The van der Waals surface area contributed by atoms with Crippen LogP contribution in [0.15, 0.2) is 75.9 Å². The topological polar surface area (TPSA) is 87.0 Å². The van der Waals surface area contributed by atoms with E-state index < -0.39 is 35.6 Å². The molecule has 4 aromatic rings. The summed E-state index contributed by atoms with van der Waals surface area (Å²) in [6.07, 6.45) is -5.01. The minimum Gasteiger partial charge on any atom is -0.495 e. The lowest BCUT2D eigenvalue weighted by molar-refractivity contribution is -0.154. The quantitative estimate of drug-likeness (QED) is 0.273. The predicted molar refractivity (Wildman–Crippen MR) is 135 cm³/mol. The summed E-state index contributed by atoms with van der Waals surface area (Å²) >= 11 is 0. The molecule has 0 spiro atoms. The molecule has 1 amide bonds. The highest BCUT2D eigenvalue weighted by Crippen LogP contribution is 2.40. The summed E-state index contributed by atoms with van der Waals surface area (Å²) in [6, 6.07) is 17.0. The van der Waals surface area contributed by atoms with Crippen LogP contribution < -0.4 is 25.0 Å². The minimum absolute atomic E-state index is 0.0303. The molecule has 0 unspecified atom stereocenters. The molecule has 0 bridgehead atoms. The van der Waals surface area contributed by atoms with Crippen molar-refractivity contribution in [3.8, 4) is 23.0 Å². The lowest BCUT2D eigenvalue weighted by Crippen LogP contribution is -2.20. The Hall–Kier alpha value is -4.47. The number of alkyl halides is 3. The molecule has 7 nitrogen and oxygen atoms in total. The number of amides is 1. The number of hydrogen-bond acceptors (Lipinski definition) is 6. The van der Waals surface area contributed by atoms with E-state index in [4.69, 9.17) is 18.6 Å². The molecule has 0 saturated heterocycles. The van der Waals surface area contributed by atoms with E-state index >= 15 is 0 Å². The summed E-state index contributed by atoms with van der Waals surface area (Å²) in [7, 11) is 1.46. The maximum absolute atomic E-state index is 13.9. The molecule has 1 aromatic heterocycles. The van der Waals surface area contributed by atoms with Crippen LogP contribution in [0.3, 0.4) is 0 Å². The van der Waals surface area contributed by atoms with Gasteiger partial charge in [0, 0.05) is 6.07 Å². The van der Waals surface area contributed by atoms with Crippen molar-refractivity contribution in [3.05, 3.63) is 88.3 Å². The molecule has 1 N–H and O–H groups in total. The van der Waals surface area contributed by atoms with Gasteiger partial charge in [-0.25, -0.2) is 0 Å². The van der Waals surface area contributed by atoms with Gasteiger partial charge in [0.05, 0.1) is 18.2 Å². The van der Waals surface area contributed by atoms with E-state index in [1.54, 1.807) is 42.5 Å². The van der Waals surface area contributed by atoms with Gasteiger partial charge in [-0.2, -0.15) is 13.2 Å². The lowest BCUT2D eigenvalue weighted by Gasteiger charge is -2.16. The number of benzene rings is 3. The highest BCUT2D eigenvalue weighted by Gasteiger charge is 2.40. The summed E-state index contributed by atoms with van der Waals surface area (Å²) in [5.41, 5.74) is -0.295. The number of para-hydroxylation sites is 3. The number of carbonyl (C=O) groups is 1. The molecular formula is C28H24F3NO6. The van der Waals surface area contributed by atoms with Crippen molar-refractivity contribution in [2.45, 2.75) is 25.9 Å². The van der Waals surface area contributed by atoms with Gasteiger partial charge in [0.25, 0.3) is 11.7 Å². The molecule has 0 radical (unpaired) electrons. The van der Waals surface area contributed by atoms with Crippen LogP contribution in [-0.4, -0.2) is 19.6 Å². The van der Waals surface area contributed by atoms with Gasteiger partial charge in [-0.05, 0) is 41.8 Å². The van der Waals surface area contributed by atoms with E-state index in [1.807, 2.05) is 13.8 Å². The number of hydrogen-bond donors (Lipinski definition) is 1. The SMILES string of the molecule is COc1ccccc1NC(=O)COc1ccc2c(=O)c(Oc3ccccc3C(C)C)c(C(F)(F)F)oc2c1. The third-order valence-corrected chi connectivity index (χ3v) is 5.58. The van der Waals surface area contributed by atoms with E-state index in [9.17, 15) is 22.8 Å². The third kappa shape index (κ3) is 5.74. The average Bonchev–Trinajstić information content (AvgIpc) is 2.88. The Morgan fingerprint density at radius 2 is 1.68 bits per heavy atom. The summed E-state index contributed by atoms with van der Waals surface area (Å²) in [5, 5.41) is 2.48. The summed E-state index contributed by atoms with van der Waals surface area (Å²) in [5.74, 6) is -2.51. The number of carbonyl (C=O) groups excluding carboxylic acids is 1. The fourth-order valence-electron chi connectivity index (χ4n) is 3.77. The van der Waals surface area contributed by atoms with Crippen LogP contribution in [0.5, 0.6) is 23.0 Å². The van der Waals surface area contributed by atoms with Gasteiger partial charge >= 0.3 is 6.18 Å². The second-order valence-electron chi connectivity index (χ2n) is 8.58. The second-order valence-corrected chi connectivity index (χ2v) is 8.58. The van der Waals surface area contributed by atoms with Crippen LogP contribution in [0, 0.1) is 0 Å². The standard InChI is InChI=1S/C28H24F3NO6/c1-16(2)18-8-4-6-10-21(18)37-26-25(34)19-13-12-17(14-23(19)38-27(26)28(29,30)31)36-15-24(33)32-20-9-5-7-11-22(20)35-3/h4-14,16H,15H2,1-3H3,(H,32,33). The first-order valence-electron chi connectivity index (χ1n) is 11.6. The van der Waals surface area contributed by atoms with Gasteiger partial charge in [0.2, 0.25) is 11.2 Å². The van der Waals surface area contributed by atoms with Crippen LogP contribution in [0.25, 0.3) is 11.0 Å². The van der Waals surface area contributed by atoms with Crippen LogP contribution in [0.1, 0.15) is 31.1 Å². The molecule has 4 rings (SSSR count). The van der Waals surface area contributed by atoms with Gasteiger partial charge in [-0.1, -0.05) is 44.2 Å². The number of rotatable bonds is 8. The van der Waals surface area contributed by atoms with Crippen LogP contribution in [0.2, 0.25) is 0 Å². The number of fused-ring (bicyclic) bond motifs is 1. The number of nitrogens with one attached hydrogen (secondary N) is 1. The van der Waals surface area contributed by atoms with E-state index in [0.29, 0.717) is 17.0 Å².